The minimum atomic E-state index is -0.474. The molecular formula is C20H22O3. The average molecular weight is 310 g/mol. The minimum absolute atomic E-state index is 0.409. The zero-order valence-corrected chi connectivity index (χ0v) is 13.6. The number of benzene rings is 2. The topological polar surface area (TPSA) is 43.4 Å². The Labute approximate surface area is 137 Å². The van der Waals surface area contributed by atoms with Crippen molar-refractivity contribution in [3.8, 4) is 0 Å². The van der Waals surface area contributed by atoms with Crippen molar-refractivity contribution in [1.82, 2.24) is 0 Å². The first-order valence-electron chi connectivity index (χ1n) is 8.02. The molecule has 2 atom stereocenters. The molecule has 120 valence electrons. The molecule has 0 aromatic heterocycles. The van der Waals surface area contributed by atoms with Crippen LogP contribution in [-0.2, 0) is 14.3 Å². The van der Waals surface area contributed by atoms with Crippen molar-refractivity contribution in [3.05, 3.63) is 71.8 Å². The third kappa shape index (κ3) is 4.28. The standard InChI is InChI=1S/C20H22O3/c1-3-17(15-11-7-5-8-12-15)19(21)23-20(22)18(4-2)16-13-9-6-10-14-16/h5-14,17-18H,3-4H2,1-2H3. The summed E-state index contributed by atoms with van der Waals surface area (Å²) in [6.07, 6.45) is 1.19. The fraction of sp³-hybridized carbons (Fsp3) is 0.300. The Kier molecular flexibility index (Phi) is 6.10. The minimum Gasteiger partial charge on any atom is -0.392 e. The summed E-state index contributed by atoms with van der Waals surface area (Å²) in [7, 11) is 0. The monoisotopic (exact) mass is 310 g/mol. The number of hydrogen-bond acceptors (Lipinski definition) is 3. The van der Waals surface area contributed by atoms with Crippen LogP contribution in [0.15, 0.2) is 60.7 Å². The molecule has 3 nitrogen and oxygen atoms in total. The van der Waals surface area contributed by atoms with E-state index in [0.717, 1.165) is 11.1 Å². The van der Waals surface area contributed by atoms with E-state index >= 15 is 0 Å². The summed E-state index contributed by atoms with van der Waals surface area (Å²) in [5.41, 5.74) is 1.75. The van der Waals surface area contributed by atoms with Crippen LogP contribution in [0.4, 0.5) is 0 Å². The normalized spacial score (nSPS) is 13.1. The van der Waals surface area contributed by atoms with Gasteiger partial charge in [0.15, 0.2) is 0 Å². The Morgan fingerprint density at radius 3 is 1.39 bits per heavy atom. The van der Waals surface area contributed by atoms with Crippen LogP contribution in [0, 0.1) is 0 Å². The van der Waals surface area contributed by atoms with E-state index < -0.39 is 23.8 Å². The van der Waals surface area contributed by atoms with E-state index in [0.29, 0.717) is 12.8 Å². The second kappa shape index (κ2) is 8.28. The summed E-state index contributed by atoms with van der Waals surface area (Å²) in [6, 6.07) is 18.9. The van der Waals surface area contributed by atoms with E-state index in [1.54, 1.807) is 0 Å². The molecule has 23 heavy (non-hydrogen) atoms. The number of esters is 2. The van der Waals surface area contributed by atoms with Gasteiger partial charge >= 0.3 is 11.9 Å². The van der Waals surface area contributed by atoms with Crippen LogP contribution in [0.5, 0.6) is 0 Å². The fourth-order valence-corrected chi connectivity index (χ4v) is 2.69. The smallest absolute Gasteiger partial charge is 0.321 e. The number of ether oxygens (including phenoxy) is 1. The lowest BCUT2D eigenvalue weighted by atomic mass is 9.95. The Morgan fingerprint density at radius 1 is 0.739 bits per heavy atom. The zero-order chi connectivity index (χ0) is 16.7. The van der Waals surface area contributed by atoms with Crippen molar-refractivity contribution < 1.29 is 14.3 Å². The molecule has 0 heterocycles. The second-order valence-corrected chi connectivity index (χ2v) is 5.48. The first-order valence-corrected chi connectivity index (χ1v) is 8.02. The van der Waals surface area contributed by atoms with E-state index in [-0.39, 0.29) is 0 Å². The average Bonchev–Trinajstić information content (AvgIpc) is 2.58. The van der Waals surface area contributed by atoms with Gasteiger partial charge in [-0.05, 0) is 24.0 Å². The highest BCUT2D eigenvalue weighted by Crippen LogP contribution is 2.25. The van der Waals surface area contributed by atoms with Crippen LogP contribution in [0.25, 0.3) is 0 Å². The summed E-state index contributed by atoms with van der Waals surface area (Å²) in [4.78, 5) is 24.8. The molecule has 0 spiro atoms. The van der Waals surface area contributed by atoms with Gasteiger partial charge in [-0.1, -0.05) is 74.5 Å². The molecular weight excluding hydrogens is 288 g/mol. The molecule has 0 aliphatic rings. The highest BCUT2D eigenvalue weighted by Gasteiger charge is 2.27. The van der Waals surface area contributed by atoms with Gasteiger partial charge in [0.1, 0.15) is 0 Å². The van der Waals surface area contributed by atoms with E-state index in [2.05, 4.69) is 0 Å². The summed E-state index contributed by atoms with van der Waals surface area (Å²) < 4.78 is 5.19. The van der Waals surface area contributed by atoms with Gasteiger partial charge in [0.2, 0.25) is 0 Å². The van der Waals surface area contributed by atoms with Gasteiger partial charge in [-0.3, -0.25) is 9.59 Å². The van der Waals surface area contributed by atoms with Gasteiger partial charge in [-0.25, -0.2) is 0 Å². The van der Waals surface area contributed by atoms with Gasteiger partial charge in [-0.15, -0.1) is 0 Å². The quantitative estimate of drug-likeness (QED) is 0.585. The van der Waals surface area contributed by atoms with Crippen LogP contribution in [0.1, 0.15) is 49.7 Å². The van der Waals surface area contributed by atoms with Gasteiger partial charge in [-0.2, -0.15) is 0 Å². The third-order valence-electron chi connectivity index (χ3n) is 3.99. The highest BCUT2D eigenvalue weighted by atomic mass is 16.6. The molecule has 2 aromatic rings. The summed E-state index contributed by atoms with van der Waals surface area (Å²) in [6.45, 7) is 3.83. The lowest BCUT2D eigenvalue weighted by Gasteiger charge is -2.17. The van der Waals surface area contributed by atoms with Crippen molar-refractivity contribution in [2.24, 2.45) is 0 Å². The Hall–Kier alpha value is -2.42. The predicted octanol–water partition coefficient (Wildman–Crippen LogP) is 4.44. The van der Waals surface area contributed by atoms with Crippen LogP contribution in [-0.4, -0.2) is 11.9 Å². The van der Waals surface area contributed by atoms with E-state index in [4.69, 9.17) is 4.74 Å². The van der Waals surface area contributed by atoms with Crippen molar-refractivity contribution in [3.63, 3.8) is 0 Å². The zero-order valence-electron chi connectivity index (χ0n) is 13.6. The van der Waals surface area contributed by atoms with Gasteiger partial charge in [0, 0.05) is 0 Å². The summed E-state index contributed by atoms with van der Waals surface area (Å²) >= 11 is 0. The lowest BCUT2D eigenvalue weighted by Crippen LogP contribution is -2.23. The molecule has 0 aliphatic carbocycles. The number of carbonyl (C=O) groups is 2. The molecule has 0 saturated heterocycles. The van der Waals surface area contributed by atoms with Crippen molar-refractivity contribution in [2.75, 3.05) is 0 Å². The molecule has 0 bridgehead atoms. The molecule has 3 heteroatoms. The molecule has 0 fully saturated rings. The Balaban J connectivity index is 2.10. The lowest BCUT2D eigenvalue weighted by molar-refractivity contribution is -0.162. The Morgan fingerprint density at radius 2 is 1.09 bits per heavy atom. The maximum atomic E-state index is 12.4. The number of hydrogen-bond donors (Lipinski definition) is 0. The SMILES string of the molecule is CCC(C(=O)OC(=O)C(CC)c1ccccc1)c1ccccc1. The van der Waals surface area contributed by atoms with Crippen molar-refractivity contribution in [2.45, 2.75) is 38.5 Å². The van der Waals surface area contributed by atoms with Gasteiger partial charge in [0.25, 0.3) is 0 Å². The van der Waals surface area contributed by atoms with E-state index in [1.165, 1.54) is 0 Å². The summed E-state index contributed by atoms with van der Waals surface area (Å²) in [5.74, 6) is -1.77. The largest absolute Gasteiger partial charge is 0.392 e. The first kappa shape index (κ1) is 16.9. The number of rotatable bonds is 6. The van der Waals surface area contributed by atoms with Crippen molar-refractivity contribution >= 4 is 11.9 Å². The van der Waals surface area contributed by atoms with Crippen molar-refractivity contribution in [1.29, 1.82) is 0 Å². The fourth-order valence-electron chi connectivity index (χ4n) is 2.69. The first-order chi connectivity index (χ1) is 11.2. The predicted molar refractivity (Wildman–Crippen MR) is 90.0 cm³/mol. The van der Waals surface area contributed by atoms with Crippen LogP contribution >= 0.6 is 0 Å². The summed E-state index contributed by atoms with van der Waals surface area (Å²) in [5, 5.41) is 0. The molecule has 2 aromatic carbocycles. The third-order valence-corrected chi connectivity index (χ3v) is 3.99. The van der Waals surface area contributed by atoms with E-state index in [1.807, 2.05) is 74.5 Å². The van der Waals surface area contributed by atoms with Gasteiger partial charge in [0.05, 0.1) is 11.8 Å². The molecule has 2 rings (SSSR count). The number of carbonyl (C=O) groups excluding carboxylic acids is 2. The molecule has 0 aliphatic heterocycles. The van der Waals surface area contributed by atoms with Crippen LogP contribution in [0.2, 0.25) is 0 Å². The van der Waals surface area contributed by atoms with E-state index in [9.17, 15) is 9.59 Å². The maximum Gasteiger partial charge on any atom is 0.321 e. The molecule has 2 unspecified atom stereocenters. The van der Waals surface area contributed by atoms with Crippen LogP contribution in [0.3, 0.4) is 0 Å². The molecule has 0 amide bonds. The Bertz CT molecular complexity index is 577. The maximum absolute atomic E-state index is 12.4. The highest BCUT2D eigenvalue weighted by molar-refractivity contribution is 5.92. The second-order valence-electron chi connectivity index (χ2n) is 5.48. The van der Waals surface area contributed by atoms with Crippen LogP contribution < -0.4 is 0 Å². The molecule has 0 N–H and O–H groups in total. The van der Waals surface area contributed by atoms with Gasteiger partial charge < -0.3 is 4.74 Å². The molecule has 0 radical (unpaired) electrons. The molecule has 0 saturated carbocycles.